The Morgan fingerprint density at radius 2 is 1.81 bits per heavy atom. The van der Waals surface area contributed by atoms with Gasteiger partial charge in [0, 0.05) is 19.1 Å². The van der Waals surface area contributed by atoms with Gasteiger partial charge in [0.15, 0.2) is 5.78 Å². The van der Waals surface area contributed by atoms with E-state index in [9.17, 15) is 9.59 Å². The highest BCUT2D eigenvalue weighted by Crippen LogP contribution is 2.12. The lowest BCUT2D eigenvalue weighted by Crippen LogP contribution is -2.47. The molecule has 0 aliphatic rings. The summed E-state index contributed by atoms with van der Waals surface area (Å²) in [6, 6.07) is -0.574. The number of carbonyl (C=O) groups is 2. The Morgan fingerprint density at radius 3 is 2.12 bits per heavy atom. The lowest BCUT2D eigenvalue weighted by atomic mass is 10.0. The first-order valence-electron chi connectivity index (χ1n) is 5.23. The fourth-order valence-electron chi connectivity index (χ4n) is 1.51. The Hall–Kier alpha value is -1.23. The summed E-state index contributed by atoms with van der Waals surface area (Å²) in [6.45, 7) is 8.22. The first kappa shape index (κ1) is 14.8. The third-order valence-electron chi connectivity index (χ3n) is 1.96. The van der Waals surface area contributed by atoms with Crippen LogP contribution in [0.1, 0.15) is 41.0 Å². The van der Waals surface area contributed by atoms with Gasteiger partial charge in [-0.05, 0) is 27.7 Å². The van der Waals surface area contributed by atoms with Crippen molar-refractivity contribution in [2.24, 2.45) is 10.7 Å². The molecule has 1 amide bonds. The largest absolute Gasteiger partial charge is 0.346 e. The summed E-state index contributed by atoms with van der Waals surface area (Å²) in [4.78, 5) is 26.5. The summed E-state index contributed by atoms with van der Waals surface area (Å²) >= 11 is 0. The Kier molecular flexibility index (Phi) is 5.30. The number of rotatable bonds is 5. The molecule has 0 saturated heterocycles. The van der Waals surface area contributed by atoms with Crippen molar-refractivity contribution >= 4 is 17.4 Å². The summed E-state index contributed by atoms with van der Waals surface area (Å²) in [7, 11) is 0. The molecule has 0 radical (unpaired) electrons. The molecule has 0 rings (SSSR count). The lowest BCUT2D eigenvalue weighted by Gasteiger charge is -2.25. The van der Waals surface area contributed by atoms with Gasteiger partial charge in [0.1, 0.15) is 5.66 Å². The van der Waals surface area contributed by atoms with Crippen LogP contribution in [0.2, 0.25) is 0 Å². The molecule has 0 aliphatic carbocycles. The Bertz CT molecular complexity index is 304. The van der Waals surface area contributed by atoms with E-state index in [1.165, 1.54) is 13.8 Å². The molecule has 0 bridgehead atoms. The summed E-state index contributed by atoms with van der Waals surface area (Å²) < 4.78 is 0. The summed E-state index contributed by atoms with van der Waals surface area (Å²) in [5.41, 5.74) is 5.95. The average Bonchev–Trinajstić information content (AvgIpc) is 1.98. The molecular formula is C11H21N3O2. The number of hydrogen-bond acceptors (Lipinski definition) is 4. The molecule has 0 fully saturated rings. The van der Waals surface area contributed by atoms with Crippen LogP contribution in [0.5, 0.6) is 0 Å². The molecule has 0 aromatic carbocycles. The highest BCUT2D eigenvalue weighted by atomic mass is 16.2. The zero-order chi connectivity index (χ0) is 12.9. The van der Waals surface area contributed by atoms with Crippen molar-refractivity contribution in [3.63, 3.8) is 0 Å². The van der Waals surface area contributed by atoms with Gasteiger partial charge < -0.3 is 11.1 Å². The molecule has 0 saturated carbocycles. The van der Waals surface area contributed by atoms with Crippen LogP contribution in [0.25, 0.3) is 0 Å². The zero-order valence-corrected chi connectivity index (χ0v) is 10.6. The highest BCUT2D eigenvalue weighted by molar-refractivity contribution is 5.86. The third-order valence-corrected chi connectivity index (χ3v) is 1.96. The Labute approximate surface area is 96.5 Å². The topological polar surface area (TPSA) is 84.6 Å². The van der Waals surface area contributed by atoms with Crippen LogP contribution in [-0.2, 0) is 9.59 Å². The number of hydrogen-bond donors (Lipinski definition) is 2. The Morgan fingerprint density at radius 1 is 1.31 bits per heavy atom. The van der Waals surface area contributed by atoms with Crippen molar-refractivity contribution in [1.82, 2.24) is 5.32 Å². The number of Topliss-reactive ketones (excluding diaryl/α,β-unsaturated/α-hetero) is 1. The maximum absolute atomic E-state index is 11.3. The van der Waals surface area contributed by atoms with Crippen molar-refractivity contribution < 1.29 is 9.59 Å². The molecule has 0 aromatic rings. The number of amides is 1. The first-order valence-corrected chi connectivity index (χ1v) is 5.23. The van der Waals surface area contributed by atoms with Gasteiger partial charge in [-0.3, -0.25) is 14.6 Å². The molecule has 16 heavy (non-hydrogen) atoms. The standard InChI is InChI=1S/C11H21N3O2/c1-7(2)14-11(5,12)6-10(8(3)15)13-9(4)16/h10H,6,12H2,1-5H3,(H,13,16). The van der Waals surface area contributed by atoms with E-state index in [-0.39, 0.29) is 11.7 Å². The summed E-state index contributed by atoms with van der Waals surface area (Å²) in [5.74, 6) is -0.357. The van der Waals surface area contributed by atoms with Gasteiger partial charge in [-0.25, -0.2) is 0 Å². The van der Waals surface area contributed by atoms with Gasteiger partial charge in [0.25, 0.3) is 0 Å². The van der Waals surface area contributed by atoms with Crippen LogP contribution < -0.4 is 11.1 Å². The van der Waals surface area contributed by atoms with Gasteiger partial charge in [-0.2, -0.15) is 0 Å². The van der Waals surface area contributed by atoms with E-state index in [4.69, 9.17) is 5.73 Å². The predicted molar refractivity (Wildman–Crippen MR) is 64.3 cm³/mol. The molecule has 92 valence electrons. The molecule has 0 spiro atoms. The zero-order valence-electron chi connectivity index (χ0n) is 10.6. The number of nitrogens with two attached hydrogens (primary N) is 1. The maximum Gasteiger partial charge on any atom is 0.217 e. The maximum atomic E-state index is 11.3. The van der Waals surface area contributed by atoms with E-state index in [1.807, 2.05) is 13.8 Å². The molecule has 2 unspecified atom stereocenters. The van der Waals surface area contributed by atoms with Gasteiger partial charge in [0.2, 0.25) is 5.91 Å². The van der Waals surface area contributed by atoms with Crippen LogP contribution in [0.4, 0.5) is 0 Å². The van der Waals surface area contributed by atoms with Crippen molar-refractivity contribution in [3.05, 3.63) is 0 Å². The van der Waals surface area contributed by atoms with E-state index in [2.05, 4.69) is 10.3 Å². The second-order valence-electron chi connectivity index (χ2n) is 4.48. The van der Waals surface area contributed by atoms with Crippen LogP contribution in [-0.4, -0.2) is 29.1 Å². The van der Waals surface area contributed by atoms with Crippen LogP contribution >= 0.6 is 0 Å². The van der Waals surface area contributed by atoms with Gasteiger partial charge >= 0.3 is 0 Å². The second kappa shape index (κ2) is 5.75. The molecule has 5 heteroatoms. The number of nitrogens with one attached hydrogen (secondary N) is 1. The first-order chi connectivity index (χ1) is 7.14. The molecule has 0 heterocycles. The van der Waals surface area contributed by atoms with Crippen molar-refractivity contribution in [2.45, 2.75) is 52.7 Å². The monoisotopic (exact) mass is 227 g/mol. The Balaban J connectivity index is 4.68. The van der Waals surface area contributed by atoms with Gasteiger partial charge in [-0.1, -0.05) is 0 Å². The summed E-state index contributed by atoms with van der Waals surface area (Å²) in [5, 5.41) is 2.57. The number of ketones is 1. The minimum atomic E-state index is -0.836. The minimum Gasteiger partial charge on any atom is -0.346 e. The van der Waals surface area contributed by atoms with Gasteiger partial charge in [-0.15, -0.1) is 0 Å². The smallest absolute Gasteiger partial charge is 0.217 e. The fraction of sp³-hybridized carbons (Fsp3) is 0.727. The predicted octanol–water partition coefficient (Wildman–Crippen LogP) is 0.626. The lowest BCUT2D eigenvalue weighted by molar-refractivity contribution is -0.126. The van der Waals surface area contributed by atoms with Crippen molar-refractivity contribution in [2.75, 3.05) is 0 Å². The molecule has 3 N–H and O–H groups in total. The minimum absolute atomic E-state index is 0.115. The second-order valence-corrected chi connectivity index (χ2v) is 4.48. The highest BCUT2D eigenvalue weighted by Gasteiger charge is 2.26. The third kappa shape index (κ3) is 6.29. The summed E-state index contributed by atoms with van der Waals surface area (Å²) in [6.07, 6.45) is 0.299. The molecule has 5 nitrogen and oxygen atoms in total. The van der Waals surface area contributed by atoms with Crippen LogP contribution in [0, 0.1) is 0 Å². The SMILES string of the molecule is CC(=O)NC(CC(C)(N)N=C(C)C)C(C)=O. The number of aliphatic imine (C=N–C) groups is 1. The number of nitrogens with zero attached hydrogens (tertiary/aromatic N) is 1. The van der Waals surface area contributed by atoms with Crippen molar-refractivity contribution in [1.29, 1.82) is 0 Å². The molecule has 0 aliphatic heterocycles. The molecule has 0 aromatic heterocycles. The van der Waals surface area contributed by atoms with Crippen LogP contribution in [0.15, 0.2) is 4.99 Å². The average molecular weight is 227 g/mol. The van der Waals surface area contributed by atoms with Gasteiger partial charge in [0.05, 0.1) is 6.04 Å². The normalized spacial score (nSPS) is 15.9. The quantitative estimate of drug-likeness (QED) is 0.675. The van der Waals surface area contributed by atoms with E-state index >= 15 is 0 Å². The van der Waals surface area contributed by atoms with E-state index in [0.717, 1.165) is 5.71 Å². The molecular weight excluding hydrogens is 206 g/mol. The van der Waals surface area contributed by atoms with E-state index in [1.54, 1.807) is 6.92 Å². The van der Waals surface area contributed by atoms with Crippen LogP contribution in [0.3, 0.4) is 0 Å². The fourth-order valence-corrected chi connectivity index (χ4v) is 1.51. The molecule has 2 atom stereocenters. The van der Waals surface area contributed by atoms with E-state index in [0.29, 0.717) is 6.42 Å². The van der Waals surface area contributed by atoms with E-state index < -0.39 is 11.7 Å². The van der Waals surface area contributed by atoms with Crippen molar-refractivity contribution in [3.8, 4) is 0 Å². The number of carbonyl (C=O) groups excluding carboxylic acids is 2.